The summed E-state index contributed by atoms with van der Waals surface area (Å²) in [4.78, 5) is 25.9. The van der Waals surface area contributed by atoms with Crippen LogP contribution in [0.5, 0.6) is 0 Å². The molecule has 1 aromatic rings. The maximum atomic E-state index is 12.2. The Kier molecular flexibility index (Phi) is 4.63. The molecule has 21 heavy (non-hydrogen) atoms. The highest BCUT2D eigenvalue weighted by molar-refractivity contribution is 6.39. The maximum absolute atomic E-state index is 12.2. The van der Waals surface area contributed by atoms with Crippen molar-refractivity contribution in [3.8, 4) is 0 Å². The topological polar surface area (TPSA) is 58.6 Å². The summed E-state index contributed by atoms with van der Waals surface area (Å²) in [7, 11) is 0. The molecule has 0 bridgehead atoms. The first-order chi connectivity index (χ1) is 9.88. The van der Waals surface area contributed by atoms with E-state index in [2.05, 4.69) is 5.32 Å². The fourth-order valence-corrected chi connectivity index (χ4v) is 2.55. The summed E-state index contributed by atoms with van der Waals surface area (Å²) in [5.74, 6) is -1.09. The van der Waals surface area contributed by atoms with Crippen LogP contribution in [0.3, 0.4) is 0 Å². The van der Waals surface area contributed by atoms with Crippen molar-refractivity contribution < 1.29 is 14.3 Å². The quantitative estimate of drug-likeness (QED) is 0.803. The van der Waals surface area contributed by atoms with Gasteiger partial charge < -0.3 is 15.0 Å². The fourth-order valence-electron chi connectivity index (χ4n) is 2.55. The zero-order valence-electron chi connectivity index (χ0n) is 13.0. The Morgan fingerprint density at radius 1 is 1.19 bits per heavy atom. The van der Waals surface area contributed by atoms with E-state index in [1.807, 2.05) is 39.8 Å². The number of carbonyl (C=O) groups excluding carboxylic acids is 2. The third-order valence-electron chi connectivity index (χ3n) is 3.75. The number of aryl methyl sites for hydroxylation is 1. The molecular weight excluding hydrogens is 268 g/mol. The van der Waals surface area contributed by atoms with Gasteiger partial charge in [0.2, 0.25) is 0 Å². The van der Waals surface area contributed by atoms with Gasteiger partial charge in [-0.1, -0.05) is 12.1 Å². The Balaban J connectivity index is 2.06. The van der Waals surface area contributed by atoms with Crippen LogP contribution in [0, 0.1) is 13.8 Å². The number of anilines is 1. The third-order valence-corrected chi connectivity index (χ3v) is 3.75. The highest BCUT2D eigenvalue weighted by atomic mass is 16.5. The first kappa shape index (κ1) is 15.5. The first-order valence-electron chi connectivity index (χ1n) is 7.20. The summed E-state index contributed by atoms with van der Waals surface area (Å²) in [6.07, 6.45) is -0.0996. The van der Waals surface area contributed by atoms with E-state index in [1.54, 1.807) is 11.0 Å². The van der Waals surface area contributed by atoms with Crippen LogP contribution in [0.1, 0.15) is 25.0 Å². The molecule has 1 N–H and O–H groups in total. The van der Waals surface area contributed by atoms with Crippen molar-refractivity contribution in [1.29, 1.82) is 0 Å². The van der Waals surface area contributed by atoms with Gasteiger partial charge >= 0.3 is 11.8 Å². The summed E-state index contributed by atoms with van der Waals surface area (Å²) < 4.78 is 5.57. The first-order valence-corrected chi connectivity index (χ1v) is 7.20. The number of morpholine rings is 1. The molecule has 1 fully saturated rings. The van der Waals surface area contributed by atoms with Crippen LogP contribution in [0.25, 0.3) is 0 Å². The van der Waals surface area contributed by atoms with Crippen molar-refractivity contribution in [2.75, 3.05) is 18.4 Å². The van der Waals surface area contributed by atoms with E-state index in [1.165, 1.54) is 0 Å². The van der Waals surface area contributed by atoms with E-state index in [0.29, 0.717) is 18.8 Å². The molecule has 0 saturated carbocycles. The molecule has 2 unspecified atom stereocenters. The second kappa shape index (κ2) is 6.26. The second-order valence-electron chi connectivity index (χ2n) is 5.67. The molecule has 5 heteroatoms. The van der Waals surface area contributed by atoms with E-state index in [-0.39, 0.29) is 12.2 Å². The summed E-state index contributed by atoms with van der Waals surface area (Å²) in [6.45, 7) is 8.59. The molecule has 2 amide bonds. The minimum absolute atomic E-state index is 0.0498. The average Bonchev–Trinajstić information content (AvgIpc) is 2.42. The number of nitrogens with one attached hydrogen (secondary N) is 1. The van der Waals surface area contributed by atoms with Crippen molar-refractivity contribution >= 4 is 17.5 Å². The zero-order chi connectivity index (χ0) is 15.6. The van der Waals surface area contributed by atoms with Crippen molar-refractivity contribution in [3.63, 3.8) is 0 Å². The largest absolute Gasteiger partial charge is 0.372 e. The minimum Gasteiger partial charge on any atom is -0.372 e. The number of nitrogens with zero attached hydrogens (tertiary/aromatic N) is 1. The van der Waals surface area contributed by atoms with Crippen molar-refractivity contribution in [3.05, 3.63) is 29.3 Å². The lowest BCUT2D eigenvalue weighted by Gasteiger charge is -2.34. The van der Waals surface area contributed by atoms with Crippen molar-refractivity contribution in [2.45, 2.75) is 39.9 Å². The van der Waals surface area contributed by atoms with Gasteiger partial charge in [0.15, 0.2) is 0 Å². The van der Waals surface area contributed by atoms with Crippen molar-refractivity contribution in [2.24, 2.45) is 0 Å². The van der Waals surface area contributed by atoms with E-state index in [0.717, 1.165) is 11.1 Å². The zero-order valence-corrected chi connectivity index (χ0v) is 13.0. The van der Waals surface area contributed by atoms with Gasteiger partial charge in [0.25, 0.3) is 0 Å². The molecule has 1 aliphatic rings. The minimum atomic E-state index is -0.593. The van der Waals surface area contributed by atoms with Crippen LogP contribution in [0.4, 0.5) is 5.69 Å². The molecule has 114 valence electrons. The van der Waals surface area contributed by atoms with E-state index < -0.39 is 11.8 Å². The number of rotatable bonds is 1. The fraction of sp³-hybridized carbons (Fsp3) is 0.500. The van der Waals surface area contributed by atoms with Crippen LogP contribution < -0.4 is 5.32 Å². The predicted octanol–water partition coefficient (Wildman–Crippen LogP) is 1.88. The van der Waals surface area contributed by atoms with E-state index in [9.17, 15) is 9.59 Å². The van der Waals surface area contributed by atoms with Crippen LogP contribution in [0.15, 0.2) is 18.2 Å². The van der Waals surface area contributed by atoms with E-state index >= 15 is 0 Å². The Hall–Kier alpha value is -1.88. The molecule has 2 rings (SSSR count). The molecule has 5 nitrogen and oxygen atoms in total. The van der Waals surface area contributed by atoms with Gasteiger partial charge in [-0.25, -0.2) is 0 Å². The number of ether oxygens (including phenoxy) is 1. The van der Waals surface area contributed by atoms with Gasteiger partial charge in [0.1, 0.15) is 0 Å². The summed E-state index contributed by atoms with van der Waals surface area (Å²) >= 11 is 0. The Morgan fingerprint density at radius 3 is 2.43 bits per heavy atom. The highest BCUT2D eigenvalue weighted by Gasteiger charge is 2.29. The molecule has 2 atom stereocenters. The average molecular weight is 290 g/mol. The summed E-state index contributed by atoms with van der Waals surface area (Å²) in [6, 6.07) is 5.64. The molecule has 1 saturated heterocycles. The smallest absolute Gasteiger partial charge is 0.313 e. The lowest BCUT2D eigenvalue weighted by molar-refractivity contribution is -0.151. The lowest BCUT2D eigenvalue weighted by Crippen LogP contribution is -2.51. The summed E-state index contributed by atoms with van der Waals surface area (Å²) in [5.41, 5.74) is 2.74. The predicted molar refractivity (Wildman–Crippen MR) is 81.1 cm³/mol. The van der Waals surface area contributed by atoms with Crippen LogP contribution in [-0.4, -0.2) is 42.0 Å². The molecule has 0 spiro atoms. The Morgan fingerprint density at radius 2 is 1.81 bits per heavy atom. The highest BCUT2D eigenvalue weighted by Crippen LogP contribution is 2.18. The van der Waals surface area contributed by atoms with Gasteiger partial charge in [-0.3, -0.25) is 9.59 Å². The number of benzene rings is 1. The second-order valence-corrected chi connectivity index (χ2v) is 5.67. The monoisotopic (exact) mass is 290 g/mol. The van der Waals surface area contributed by atoms with Gasteiger partial charge in [0.05, 0.1) is 12.2 Å². The molecule has 1 aliphatic heterocycles. The van der Waals surface area contributed by atoms with Gasteiger partial charge in [-0.15, -0.1) is 0 Å². The van der Waals surface area contributed by atoms with Crippen molar-refractivity contribution in [1.82, 2.24) is 4.90 Å². The molecular formula is C16H22N2O3. The number of carbonyl (C=O) groups is 2. The maximum Gasteiger partial charge on any atom is 0.313 e. The SMILES string of the molecule is Cc1cccc(NC(=O)C(=O)N2CC(C)OC(C)C2)c1C. The Labute approximate surface area is 125 Å². The van der Waals surface area contributed by atoms with Crippen LogP contribution >= 0.6 is 0 Å². The lowest BCUT2D eigenvalue weighted by atomic mass is 10.1. The van der Waals surface area contributed by atoms with Gasteiger partial charge in [-0.05, 0) is 44.9 Å². The normalized spacial score (nSPS) is 22.0. The number of amides is 2. The van der Waals surface area contributed by atoms with Crippen LogP contribution in [-0.2, 0) is 14.3 Å². The number of hydrogen-bond donors (Lipinski definition) is 1. The molecule has 0 aliphatic carbocycles. The molecule has 0 radical (unpaired) electrons. The van der Waals surface area contributed by atoms with Gasteiger partial charge in [-0.2, -0.15) is 0 Å². The standard InChI is InChI=1S/C16H22N2O3/c1-10-6-5-7-14(13(10)4)17-15(19)16(20)18-8-11(2)21-12(3)9-18/h5-7,11-12H,8-9H2,1-4H3,(H,17,19). The molecule has 0 aromatic heterocycles. The van der Waals surface area contributed by atoms with Gasteiger partial charge in [0, 0.05) is 18.8 Å². The van der Waals surface area contributed by atoms with E-state index in [4.69, 9.17) is 4.74 Å². The Bertz CT molecular complexity index is 546. The van der Waals surface area contributed by atoms with Crippen LogP contribution in [0.2, 0.25) is 0 Å². The molecule has 1 heterocycles. The summed E-state index contributed by atoms with van der Waals surface area (Å²) in [5, 5.41) is 2.71. The molecule has 1 aromatic carbocycles. The number of hydrogen-bond acceptors (Lipinski definition) is 3. The third kappa shape index (κ3) is 3.61.